The van der Waals surface area contributed by atoms with Crippen molar-refractivity contribution in [2.24, 2.45) is 0 Å². The Labute approximate surface area is 133 Å². The Morgan fingerprint density at radius 3 is 2.55 bits per heavy atom. The number of thiocarbonyl (C=S) groups is 1. The first-order valence-electron chi connectivity index (χ1n) is 6.38. The Morgan fingerprint density at radius 2 is 1.90 bits per heavy atom. The summed E-state index contributed by atoms with van der Waals surface area (Å²) in [6.45, 7) is 2.88. The number of aryl methyl sites for hydroxylation is 1. The number of nitrogens with zero attached hydrogens (tertiary/aromatic N) is 1. The van der Waals surface area contributed by atoms with Crippen molar-refractivity contribution < 1.29 is 0 Å². The van der Waals surface area contributed by atoms with E-state index in [1.54, 1.807) is 0 Å². The lowest BCUT2D eigenvalue weighted by molar-refractivity contribution is 0.508. The fourth-order valence-electron chi connectivity index (χ4n) is 1.82. The standard InChI is InChI=1S/C16H17BrN2S/c1-12-6-8-13(9-7-12)11-19(2)16(20)18-15-5-3-4-14(17)10-15/h3-10H,11H2,1-2H3,(H,18,20). The van der Waals surface area contributed by atoms with Crippen LogP contribution in [0.25, 0.3) is 0 Å². The Balaban J connectivity index is 1.96. The van der Waals surface area contributed by atoms with Gasteiger partial charge in [-0.15, -0.1) is 0 Å². The van der Waals surface area contributed by atoms with E-state index in [4.69, 9.17) is 12.2 Å². The topological polar surface area (TPSA) is 15.3 Å². The van der Waals surface area contributed by atoms with Gasteiger partial charge in [0.1, 0.15) is 0 Å². The number of nitrogens with one attached hydrogen (secondary N) is 1. The highest BCUT2D eigenvalue weighted by Crippen LogP contribution is 2.16. The van der Waals surface area contributed by atoms with E-state index in [1.165, 1.54) is 11.1 Å². The maximum Gasteiger partial charge on any atom is 0.173 e. The Morgan fingerprint density at radius 1 is 1.20 bits per heavy atom. The lowest BCUT2D eigenvalue weighted by Gasteiger charge is -2.21. The molecule has 0 amide bonds. The van der Waals surface area contributed by atoms with Crippen LogP contribution in [0.4, 0.5) is 5.69 Å². The number of halogens is 1. The van der Waals surface area contributed by atoms with Gasteiger partial charge in [-0.05, 0) is 42.9 Å². The molecule has 0 aromatic heterocycles. The van der Waals surface area contributed by atoms with E-state index in [-0.39, 0.29) is 0 Å². The molecule has 0 atom stereocenters. The molecule has 0 spiro atoms. The summed E-state index contributed by atoms with van der Waals surface area (Å²) in [4.78, 5) is 2.03. The molecule has 0 heterocycles. The SMILES string of the molecule is Cc1ccc(CN(C)C(=S)Nc2cccc(Br)c2)cc1. The molecule has 0 saturated heterocycles. The van der Waals surface area contributed by atoms with E-state index in [2.05, 4.69) is 52.4 Å². The van der Waals surface area contributed by atoms with Crippen molar-refractivity contribution in [3.05, 3.63) is 64.1 Å². The van der Waals surface area contributed by atoms with Crippen molar-refractivity contribution >= 4 is 38.9 Å². The van der Waals surface area contributed by atoms with E-state index in [0.717, 1.165) is 16.7 Å². The second-order valence-electron chi connectivity index (χ2n) is 4.78. The number of hydrogen-bond donors (Lipinski definition) is 1. The molecule has 1 N–H and O–H groups in total. The summed E-state index contributed by atoms with van der Waals surface area (Å²) >= 11 is 8.88. The van der Waals surface area contributed by atoms with Gasteiger partial charge in [-0.25, -0.2) is 0 Å². The zero-order valence-electron chi connectivity index (χ0n) is 11.6. The summed E-state index contributed by atoms with van der Waals surface area (Å²) in [6, 6.07) is 16.5. The molecule has 2 aromatic carbocycles. The van der Waals surface area contributed by atoms with Gasteiger partial charge < -0.3 is 10.2 Å². The van der Waals surface area contributed by atoms with Crippen LogP contribution in [0, 0.1) is 6.92 Å². The van der Waals surface area contributed by atoms with E-state index in [9.17, 15) is 0 Å². The van der Waals surface area contributed by atoms with Crippen LogP contribution >= 0.6 is 28.1 Å². The van der Waals surface area contributed by atoms with Crippen molar-refractivity contribution in [2.45, 2.75) is 13.5 Å². The third kappa shape index (κ3) is 4.32. The quantitative estimate of drug-likeness (QED) is 0.816. The molecule has 2 rings (SSSR count). The van der Waals surface area contributed by atoms with Crippen LogP contribution in [-0.2, 0) is 6.54 Å². The molecule has 20 heavy (non-hydrogen) atoms. The predicted molar refractivity (Wildman–Crippen MR) is 93.0 cm³/mol. The summed E-state index contributed by atoms with van der Waals surface area (Å²) in [7, 11) is 1.99. The summed E-state index contributed by atoms with van der Waals surface area (Å²) in [6.07, 6.45) is 0. The number of hydrogen-bond acceptors (Lipinski definition) is 1. The zero-order valence-corrected chi connectivity index (χ0v) is 14.0. The predicted octanol–water partition coefficient (Wildman–Crippen LogP) is 4.59. The average Bonchev–Trinajstić information content (AvgIpc) is 2.41. The first-order valence-corrected chi connectivity index (χ1v) is 7.58. The summed E-state index contributed by atoms with van der Waals surface area (Å²) in [5.74, 6) is 0. The second-order valence-corrected chi connectivity index (χ2v) is 6.08. The largest absolute Gasteiger partial charge is 0.348 e. The van der Waals surface area contributed by atoms with Gasteiger partial charge in [0, 0.05) is 23.8 Å². The average molecular weight is 349 g/mol. The van der Waals surface area contributed by atoms with Crippen LogP contribution in [0.1, 0.15) is 11.1 Å². The highest BCUT2D eigenvalue weighted by molar-refractivity contribution is 9.10. The number of rotatable bonds is 3. The van der Waals surface area contributed by atoms with Crippen molar-refractivity contribution in [3.8, 4) is 0 Å². The summed E-state index contributed by atoms with van der Waals surface area (Å²) in [5, 5.41) is 3.95. The lowest BCUT2D eigenvalue weighted by atomic mass is 10.1. The van der Waals surface area contributed by atoms with Gasteiger partial charge in [-0.2, -0.15) is 0 Å². The summed E-state index contributed by atoms with van der Waals surface area (Å²) in [5.41, 5.74) is 3.50. The first-order chi connectivity index (χ1) is 9.54. The number of anilines is 1. The Kier molecular flexibility index (Phi) is 5.15. The second kappa shape index (κ2) is 6.86. The fraction of sp³-hybridized carbons (Fsp3) is 0.188. The highest BCUT2D eigenvalue weighted by atomic mass is 79.9. The Hall–Kier alpha value is -1.39. The molecule has 0 saturated carbocycles. The molecule has 4 heteroatoms. The zero-order chi connectivity index (χ0) is 14.5. The van der Waals surface area contributed by atoms with E-state index >= 15 is 0 Å². The van der Waals surface area contributed by atoms with Gasteiger partial charge in [-0.1, -0.05) is 51.8 Å². The first kappa shape index (κ1) is 15.0. The van der Waals surface area contributed by atoms with E-state index in [1.807, 2.05) is 36.2 Å². The third-order valence-corrected chi connectivity index (χ3v) is 3.87. The maximum atomic E-state index is 5.43. The highest BCUT2D eigenvalue weighted by Gasteiger charge is 2.05. The molecule has 2 aromatic rings. The number of benzene rings is 2. The molecule has 0 unspecified atom stereocenters. The Bertz CT molecular complexity index is 596. The molecule has 0 bridgehead atoms. The molecule has 2 nitrogen and oxygen atoms in total. The summed E-state index contributed by atoms with van der Waals surface area (Å²) < 4.78 is 1.03. The molecular weight excluding hydrogens is 332 g/mol. The lowest BCUT2D eigenvalue weighted by Crippen LogP contribution is -2.30. The molecule has 0 aliphatic carbocycles. The van der Waals surface area contributed by atoms with Crippen LogP contribution in [0.3, 0.4) is 0 Å². The molecule has 0 aliphatic heterocycles. The molecule has 0 fully saturated rings. The van der Waals surface area contributed by atoms with Crippen molar-refractivity contribution in [3.63, 3.8) is 0 Å². The molecular formula is C16H17BrN2S. The van der Waals surface area contributed by atoms with Crippen LogP contribution in [0.2, 0.25) is 0 Å². The minimum absolute atomic E-state index is 0.712. The molecule has 0 aliphatic rings. The van der Waals surface area contributed by atoms with Crippen LogP contribution in [0.15, 0.2) is 53.0 Å². The van der Waals surface area contributed by atoms with E-state index in [0.29, 0.717) is 5.11 Å². The van der Waals surface area contributed by atoms with Gasteiger partial charge in [0.2, 0.25) is 0 Å². The van der Waals surface area contributed by atoms with Gasteiger partial charge in [0.25, 0.3) is 0 Å². The van der Waals surface area contributed by atoms with Crippen LogP contribution in [-0.4, -0.2) is 17.1 Å². The smallest absolute Gasteiger partial charge is 0.173 e. The van der Waals surface area contributed by atoms with Crippen LogP contribution in [0.5, 0.6) is 0 Å². The molecule has 104 valence electrons. The van der Waals surface area contributed by atoms with Crippen LogP contribution < -0.4 is 5.32 Å². The van der Waals surface area contributed by atoms with Crippen molar-refractivity contribution in [2.75, 3.05) is 12.4 Å². The van der Waals surface area contributed by atoms with Gasteiger partial charge >= 0.3 is 0 Å². The van der Waals surface area contributed by atoms with E-state index < -0.39 is 0 Å². The monoisotopic (exact) mass is 348 g/mol. The fourth-order valence-corrected chi connectivity index (χ4v) is 2.41. The normalized spacial score (nSPS) is 10.2. The van der Waals surface area contributed by atoms with Crippen molar-refractivity contribution in [1.82, 2.24) is 4.90 Å². The minimum Gasteiger partial charge on any atom is -0.348 e. The van der Waals surface area contributed by atoms with Gasteiger partial charge in [0.15, 0.2) is 5.11 Å². The third-order valence-electron chi connectivity index (χ3n) is 2.96. The van der Waals surface area contributed by atoms with Gasteiger partial charge in [0.05, 0.1) is 0 Å². The molecule has 0 radical (unpaired) electrons. The van der Waals surface area contributed by atoms with Crippen molar-refractivity contribution in [1.29, 1.82) is 0 Å². The van der Waals surface area contributed by atoms with Gasteiger partial charge in [-0.3, -0.25) is 0 Å². The maximum absolute atomic E-state index is 5.43. The minimum atomic E-state index is 0.712.